The van der Waals surface area contributed by atoms with Crippen LogP contribution < -0.4 is 4.74 Å². The number of aldehydes is 1. The average molecular weight is 304 g/mol. The lowest BCUT2D eigenvalue weighted by molar-refractivity contribution is 0.111. The number of aromatic nitrogens is 2. The summed E-state index contributed by atoms with van der Waals surface area (Å²) in [5, 5.41) is 2.13. The minimum Gasteiger partial charge on any atom is -0.497 e. The molecule has 23 heavy (non-hydrogen) atoms. The van der Waals surface area contributed by atoms with Gasteiger partial charge < -0.3 is 9.30 Å². The molecule has 114 valence electrons. The van der Waals surface area contributed by atoms with Gasteiger partial charge in [0.15, 0.2) is 6.29 Å². The molecule has 4 rings (SSSR count). The molecule has 2 aromatic heterocycles. The number of rotatable bonds is 3. The van der Waals surface area contributed by atoms with Crippen molar-refractivity contribution in [2.75, 3.05) is 7.11 Å². The van der Waals surface area contributed by atoms with E-state index in [9.17, 15) is 4.79 Å². The summed E-state index contributed by atoms with van der Waals surface area (Å²) in [5.74, 6) is 1.75. The zero-order valence-electron chi connectivity index (χ0n) is 13.0. The van der Waals surface area contributed by atoms with Crippen LogP contribution in [0.2, 0.25) is 0 Å². The molecule has 0 atom stereocenters. The largest absolute Gasteiger partial charge is 0.497 e. The maximum Gasteiger partial charge on any atom is 0.166 e. The second-order valence-corrected chi connectivity index (χ2v) is 5.57. The second kappa shape index (κ2) is 5.02. The van der Waals surface area contributed by atoms with Crippen LogP contribution in [0.5, 0.6) is 5.75 Å². The Hall–Kier alpha value is -3.01. The fourth-order valence-corrected chi connectivity index (χ4v) is 3.17. The summed E-state index contributed by atoms with van der Waals surface area (Å²) < 4.78 is 9.37. The van der Waals surface area contributed by atoms with E-state index in [1.807, 2.05) is 48.0 Å². The van der Waals surface area contributed by atoms with Crippen LogP contribution in [0.3, 0.4) is 0 Å². The minimum absolute atomic E-state index is 0.624. The SMILES string of the molecule is COc1ccc2c(c1)cc(C=O)n2-c1cc2ccccc2n1C. The van der Waals surface area contributed by atoms with Gasteiger partial charge in [-0.1, -0.05) is 18.2 Å². The van der Waals surface area contributed by atoms with E-state index in [1.54, 1.807) is 7.11 Å². The number of benzene rings is 2. The molecule has 0 N–H and O–H groups in total. The molecule has 0 unspecified atom stereocenters. The number of para-hydroxylation sites is 1. The number of carbonyl (C=O) groups is 1. The monoisotopic (exact) mass is 304 g/mol. The minimum atomic E-state index is 0.624. The Balaban J connectivity index is 2.06. The first kappa shape index (κ1) is 13.6. The fraction of sp³-hybridized carbons (Fsp3) is 0.105. The molecule has 0 saturated carbocycles. The highest BCUT2D eigenvalue weighted by Crippen LogP contribution is 2.29. The van der Waals surface area contributed by atoms with Crippen molar-refractivity contribution in [3.63, 3.8) is 0 Å². The van der Waals surface area contributed by atoms with Gasteiger partial charge in [-0.05, 0) is 36.4 Å². The molecule has 0 fully saturated rings. The molecular weight excluding hydrogens is 288 g/mol. The number of methoxy groups -OCH3 is 1. The van der Waals surface area contributed by atoms with Crippen molar-refractivity contribution in [1.29, 1.82) is 0 Å². The van der Waals surface area contributed by atoms with Crippen LogP contribution in [-0.2, 0) is 7.05 Å². The molecule has 0 bridgehead atoms. The van der Waals surface area contributed by atoms with Crippen LogP contribution in [-0.4, -0.2) is 22.5 Å². The van der Waals surface area contributed by atoms with E-state index in [1.165, 1.54) is 0 Å². The topological polar surface area (TPSA) is 36.2 Å². The maximum atomic E-state index is 11.6. The number of aryl methyl sites for hydroxylation is 1. The highest BCUT2D eigenvalue weighted by atomic mass is 16.5. The lowest BCUT2D eigenvalue weighted by atomic mass is 10.2. The standard InChI is InChI=1S/C19H16N2O2/c1-20-17-6-4-3-5-13(17)11-19(20)21-15(12-22)9-14-10-16(23-2)7-8-18(14)21/h3-12H,1-2H3. The Bertz CT molecular complexity index is 1040. The fourth-order valence-electron chi connectivity index (χ4n) is 3.17. The molecular formula is C19H16N2O2. The molecule has 0 radical (unpaired) electrons. The highest BCUT2D eigenvalue weighted by molar-refractivity contribution is 5.93. The molecule has 2 aromatic carbocycles. The van der Waals surface area contributed by atoms with Crippen molar-refractivity contribution in [2.24, 2.45) is 7.05 Å². The first-order chi connectivity index (χ1) is 11.2. The lowest BCUT2D eigenvalue weighted by Gasteiger charge is -2.10. The molecule has 2 heterocycles. The Morgan fingerprint density at radius 3 is 2.52 bits per heavy atom. The summed E-state index contributed by atoms with van der Waals surface area (Å²) in [5.41, 5.74) is 2.74. The van der Waals surface area contributed by atoms with Gasteiger partial charge in [-0.15, -0.1) is 0 Å². The summed E-state index contributed by atoms with van der Waals surface area (Å²) in [6, 6.07) is 18.0. The Kier molecular flexibility index (Phi) is 2.98. The van der Waals surface area contributed by atoms with Crippen molar-refractivity contribution in [1.82, 2.24) is 9.13 Å². The number of hydrogen-bond donors (Lipinski definition) is 0. The van der Waals surface area contributed by atoms with Crippen molar-refractivity contribution in [2.45, 2.75) is 0 Å². The quantitative estimate of drug-likeness (QED) is 0.537. The molecule has 4 heteroatoms. The van der Waals surface area contributed by atoms with Crippen LogP contribution in [0.15, 0.2) is 54.6 Å². The average Bonchev–Trinajstić information content (AvgIpc) is 3.11. The van der Waals surface area contributed by atoms with Crippen LogP contribution in [0, 0.1) is 0 Å². The zero-order chi connectivity index (χ0) is 16.0. The van der Waals surface area contributed by atoms with E-state index in [2.05, 4.69) is 22.8 Å². The van der Waals surface area contributed by atoms with Gasteiger partial charge in [0, 0.05) is 23.3 Å². The van der Waals surface area contributed by atoms with Gasteiger partial charge in [-0.2, -0.15) is 0 Å². The third-order valence-electron chi connectivity index (χ3n) is 4.31. The van der Waals surface area contributed by atoms with Gasteiger partial charge >= 0.3 is 0 Å². The number of nitrogens with zero attached hydrogens (tertiary/aromatic N) is 2. The first-order valence-electron chi connectivity index (χ1n) is 7.42. The van der Waals surface area contributed by atoms with E-state index in [4.69, 9.17) is 4.74 Å². The van der Waals surface area contributed by atoms with Crippen molar-refractivity contribution < 1.29 is 9.53 Å². The van der Waals surface area contributed by atoms with E-state index >= 15 is 0 Å². The zero-order valence-corrected chi connectivity index (χ0v) is 13.0. The second-order valence-electron chi connectivity index (χ2n) is 5.57. The van der Waals surface area contributed by atoms with Gasteiger partial charge in [-0.3, -0.25) is 9.36 Å². The predicted molar refractivity (Wildman–Crippen MR) is 91.7 cm³/mol. The lowest BCUT2D eigenvalue weighted by Crippen LogP contribution is -2.04. The van der Waals surface area contributed by atoms with Crippen LogP contribution >= 0.6 is 0 Å². The Morgan fingerprint density at radius 2 is 1.78 bits per heavy atom. The Morgan fingerprint density at radius 1 is 0.957 bits per heavy atom. The van der Waals surface area contributed by atoms with Crippen molar-refractivity contribution in [3.8, 4) is 11.6 Å². The normalized spacial score (nSPS) is 11.2. The predicted octanol–water partition coefficient (Wildman–Crippen LogP) is 3.94. The number of carbonyl (C=O) groups excluding carboxylic acids is 1. The molecule has 0 aliphatic rings. The van der Waals surface area contributed by atoms with Crippen LogP contribution in [0.1, 0.15) is 10.5 Å². The number of hydrogen-bond acceptors (Lipinski definition) is 2. The molecule has 0 aliphatic carbocycles. The van der Waals surface area contributed by atoms with Crippen molar-refractivity contribution in [3.05, 3.63) is 60.3 Å². The smallest absolute Gasteiger partial charge is 0.166 e. The van der Waals surface area contributed by atoms with E-state index in [0.717, 1.165) is 39.7 Å². The van der Waals surface area contributed by atoms with Gasteiger partial charge in [0.1, 0.15) is 11.6 Å². The molecule has 0 amide bonds. The van der Waals surface area contributed by atoms with Crippen molar-refractivity contribution >= 4 is 28.1 Å². The van der Waals surface area contributed by atoms with Gasteiger partial charge in [-0.25, -0.2) is 0 Å². The van der Waals surface area contributed by atoms with E-state index in [-0.39, 0.29) is 0 Å². The van der Waals surface area contributed by atoms with Gasteiger partial charge in [0.25, 0.3) is 0 Å². The van der Waals surface area contributed by atoms with E-state index < -0.39 is 0 Å². The third-order valence-corrected chi connectivity index (χ3v) is 4.31. The summed E-state index contributed by atoms with van der Waals surface area (Å²) in [7, 11) is 3.66. The van der Waals surface area contributed by atoms with Crippen LogP contribution in [0.4, 0.5) is 0 Å². The van der Waals surface area contributed by atoms with Gasteiger partial charge in [0.2, 0.25) is 0 Å². The molecule has 0 aliphatic heterocycles. The third kappa shape index (κ3) is 1.95. The first-order valence-corrected chi connectivity index (χ1v) is 7.42. The summed E-state index contributed by atoms with van der Waals surface area (Å²) >= 11 is 0. The summed E-state index contributed by atoms with van der Waals surface area (Å²) in [6.45, 7) is 0. The number of fused-ring (bicyclic) bond motifs is 2. The van der Waals surface area contributed by atoms with E-state index in [0.29, 0.717) is 5.69 Å². The van der Waals surface area contributed by atoms with Crippen LogP contribution in [0.25, 0.3) is 27.6 Å². The molecule has 4 nitrogen and oxygen atoms in total. The Labute approximate surface area is 133 Å². The van der Waals surface area contributed by atoms with Gasteiger partial charge in [0.05, 0.1) is 18.3 Å². The summed E-state index contributed by atoms with van der Waals surface area (Å²) in [4.78, 5) is 11.6. The molecule has 0 saturated heterocycles. The summed E-state index contributed by atoms with van der Waals surface area (Å²) in [6.07, 6.45) is 0.893. The number of ether oxygens (including phenoxy) is 1. The molecule has 0 spiro atoms. The maximum absolute atomic E-state index is 11.6. The highest BCUT2D eigenvalue weighted by Gasteiger charge is 2.15. The molecule has 4 aromatic rings.